The summed E-state index contributed by atoms with van der Waals surface area (Å²) in [7, 11) is 1.50. The molecule has 1 saturated carbocycles. The molecule has 1 aromatic heterocycles. The lowest BCUT2D eigenvalue weighted by Gasteiger charge is -2.30. The number of rotatable bonds is 8. The molecule has 3 aliphatic rings. The van der Waals surface area contributed by atoms with Crippen molar-refractivity contribution in [2.45, 2.75) is 76.9 Å². The summed E-state index contributed by atoms with van der Waals surface area (Å²) in [5.74, 6) is -1.92. The van der Waals surface area contributed by atoms with E-state index in [9.17, 15) is 24.0 Å². The van der Waals surface area contributed by atoms with E-state index >= 15 is 0 Å². The molecule has 1 fully saturated rings. The number of benzene rings is 2. The maximum atomic E-state index is 14.5. The van der Waals surface area contributed by atoms with Crippen molar-refractivity contribution in [3.63, 3.8) is 0 Å². The Morgan fingerprint density at radius 3 is 2.46 bits per heavy atom. The smallest absolute Gasteiger partial charge is 0.246 e. The molecule has 3 aromatic rings. The molecule has 52 heavy (non-hydrogen) atoms. The Kier molecular flexibility index (Phi) is 13.7. The minimum atomic E-state index is -1.10. The summed E-state index contributed by atoms with van der Waals surface area (Å²) in [5.41, 5.74) is 2.47. The van der Waals surface area contributed by atoms with E-state index in [1.807, 2.05) is 56.4 Å². The SMILES string of the molecule is COCCN1CC(=O)N[C@@H](C(C)C)C(=O)NCCOc2ccc(cc2)C[C@H](NC(=O)C2CCCCC2)C(=O)N[C@@H](Cc2c[nH]c3ccccc23)C1=O. The molecule has 0 unspecified atom stereocenters. The van der Waals surface area contributed by atoms with Gasteiger partial charge in [0.1, 0.15) is 30.5 Å². The fraction of sp³-hybridized carbons (Fsp3) is 0.513. The van der Waals surface area contributed by atoms with Crippen molar-refractivity contribution < 1.29 is 33.4 Å². The van der Waals surface area contributed by atoms with Crippen LogP contribution in [0.1, 0.15) is 57.1 Å². The van der Waals surface area contributed by atoms with E-state index in [1.54, 1.807) is 12.1 Å². The average molecular weight is 717 g/mol. The molecule has 6 rings (SSSR count). The zero-order chi connectivity index (χ0) is 37.0. The van der Waals surface area contributed by atoms with Crippen molar-refractivity contribution in [1.82, 2.24) is 31.2 Å². The van der Waals surface area contributed by atoms with Crippen LogP contribution >= 0.6 is 0 Å². The summed E-state index contributed by atoms with van der Waals surface area (Å²) in [6.07, 6.45) is 6.65. The van der Waals surface area contributed by atoms with Crippen LogP contribution in [0.4, 0.5) is 0 Å². The van der Waals surface area contributed by atoms with Crippen LogP contribution in [-0.2, 0) is 41.6 Å². The number of amides is 5. The van der Waals surface area contributed by atoms with Crippen LogP contribution in [-0.4, -0.2) is 97.5 Å². The number of H-pyrrole nitrogens is 1. The van der Waals surface area contributed by atoms with Crippen LogP contribution < -0.4 is 26.0 Å². The second-order valence-corrected chi connectivity index (χ2v) is 14.1. The second kappa shape index (κ2) is 18.5. The molecule has 5 N–H and O–H groups in total. The molecule has 280 valence electrons. The molecule has 2 aliphatic heterocycles. The Labute approximate surface area is 304 Å². The van der Waals surface area contributed by atoms with Gasteiger partial charge in [0.15, 0.2) is 0 Å². The first-order valence-electron chi connectivity index (χ1n) is 18.3. The maximum Gasteiger partial charge on any atom is 0.246 e. The quantitative estimate of drug-likeness (QED) is 0.223. The fourth-order valence-corrected chi connectivity index (χ4v) is 6.88. The Morgan fingerprint density at radius 2 is 1.73 bits per heavy atom. The minimum absolute atomic E-state index is 0.0626. The number of methoxy groups -OCH3 is 1. The Morgan fingerprint density at radius 1 is 0.981 bits per heavy atom. The van der Waals surface area contributed by atoms with E-state index in [0.717, 1.165) is 54.1 Å². The molecule has 3 heterocycles. The highest BCUT2D eigenvalue weighted by Gasteiger charge is 2.34. The van der Waals surface area contributed by atoms with Gasteiger partial charge >= 0.3 is 0 Å². The molecule has 13 heteroatoms. The van der Waals surface area contributed by atoms with Gasteiger partial charge in [0.05, 0.1) is 19.7 Å². The van der Waals surface area contributed by atoms with E-state index in [1.165, 1.54) is 12.0 Å². The summed E-state index contributed by atoms with van der Waals surface area (Å²) in [5, 5.41) is 12.5. The molecule has 0 saturated heterocycles. The van der Waals surface area contributed by atoms with Gasteiger partial charge in [0.25, 0.3) is 0 Å². The lowest BCUT2D eigenvalue weighted by molar-refractivity contribution is -0.141. The van der Waals surface area contributed by atoms with Crippen molar-refractivity contribution in [2.24, 2.45) is 11.8 Å². The van der Waals surface area contributed by atoms with Gasteiger partial charge < -0.3 is 40.6 Å². The first-order valence-corrected chi connectivity index (χ1v) is 18.3. The molecule has 0 radical (unpaired) electrons. The van der Waals surface area contributed by atoms with Gasteiger partial charge in [-0.15, -0.1) is 0 Å². The van der Waals surface area contributed by atoms with E-state index in [0.29, 0.717) is 5.75 Å². The highest BCUT2D eigenvalue weighted by atomic mass is 16.5. The van der Waals surface area contributed by atoms with E-state index in [-0.39, 0.29) is 69.3 Å². The van der Waals surface area contributed by atoms with Crippen LogP contribution in [0, 0.1) is 11.8 Å². The number of aromatic nitrogens is 1. The highest BCUT2D eigenvalue weighted by molar-refractivity contribution is 5.95. The number of hydrogen-bond acceptors (Lipinski definition) is 7. The predicted molar refractivity (Wildman–Crippen MR) is 196 cm³/mol. The van der Waals surface area contributed by atoms with Gasteiger partial charge in [-0.3, -0.25) is 24.0 Å². The van der Waals surface area contributed by atoms with Gasteiger partial charge in [-0.1, -0.05) is 63.4 Å². The third-order valence-corrected chi connectivity index (χ3v) is 9.83. The number of aromatic amines is 1. The monoisotopic (exact) mass is 716 g/mol. The molecule has 13 nitrogen and oxygen atoms in total. The standard InChI is InChI=1S/C39H52N6O7/c1-25(2)35-38(49)40-17-19-52-29-15-13-26(14-16-29)21-32(42-36(47)27-9-5-4-6-10-27)37(48)43-33(22-28-23-41-31-12-8-7-11-30(28)31)39(50)45(18-20-51-3)24-34(46)44-35/h7-8,11-16,23,25,27,32-33,35,41H,4-6,9-10,17-22,24H2,1-3H3,(H,40,49)(H,42,47)(H,43,48)(H,44,46)/t32-,33-,35-/m0/s1. The fourth-order valence-electron chi connectivity index (χ4n) is 6.88. The van der Waals surface area contributed by atoms with Crippen LogP contribution in [0.3, 0.4) is 0 Å². The molecular formula is C39H52N6O7. The van der Waals surface area contributed by atoms with Crippen LogP contribution in [0.2, 0.25) is 0 Å². The molecule has 2 bridgehead atoms. The normalized spacial score (nSPS) is 21.7. The number of hydrogen-bond donors (Lipinski definition) is 5. The number of carbonyl (C=O) groups excluding carboxylic acids is 5. The van der Waals surface area contributed by atoms with Gasteiger partial charge in [0.2, 0.25) is 29.5 Å². The number of nitrogens with zero attached hydrogens (tertiary/aromatic N) is 1. The Balaban J connectivity index is 1.50. The topological polar surface area (TPSA) is 171 Å². The minimum Gasteiger partial charge on any atom is -0.492 e. The molecule has 3 atom stereocenters. The lowest BCUT2D eigenvalue weighted by atomic mass is 9.88. The Hall–Kier alpha value is -4.91. The van der Waals surface area contributed by atoms with E-state index < -0.39 is 35.8 Å². The van der Waals surface area contributed by atoms with Crippen molar-refractivity contribution in [3.05, 3.63) is 65.9 Å². The summed E-state index contributed by atoms with van der Waals surface area (Å²) >= 11 is 0. The van der Waals surface area contributed by atoms with Crippen molar-refractivity contribution >= 4 is 40.4 Å². The largest absolute Gasteiger partial charge is 0.492 e. The van der Waals surface area contributed by atoms with Crippen LogP contribution in [0.25, 0.3) is 10.9 Å². The van der Waals surface area contributed by atoms with Crippen molar-refractivity contribution in [2.75, 3.05) is 40.0 Å². The zero-order valence-electron chi connectivity index (χ0n) is 30.4. The molecule has 0 spiro atoms. The first-order chi connectivity index (χ1) is 25.1. The Bertz CT molecular complexity index is 1680. The van der Waals surface area contributed by atoms with E-state index in [4.69, 9.17) is 9.47 Å². The van der Waals surface area contributed by atoms with Crippen molar-refractivity contribution in [1.29, 1.82) is 0 Å². The molecule has 1 aliphatic carbocycles. The second-order valence-electron chi connectivity index (χ2n) is 14.1. The van der Waals surface area contributed by atoms with E-state index in [2.05, 4.69) is 26.3 Å². The van der Waals surface area contributed by atoms with Crippen LogP contribution in [0.15, 0.2) is 54.7 Å². The summed E-state index contributed by atoms with van der Waals surface area (Å²) in [4.78, 5) is 73.6. The van der Waals surface area contributed by atoms with Gasteiger partial charge in [-0.05, 0) is 48.1 Å². The van der Waals surface area contributed by atoms with Gasteiger partial charge in [-0.2, -0.15) is 0 Å². The summed E-state index contributed by atoms with van der Waals surface area (Å²) in [6, 6.07) is 12.0. The zero-order valence-corrected chi connectivity index (χ0v) is 30.4. The average Bonchev–Trinajstić information content (AvgIpc) is 3.56. The van der Waals surface area contributed by atoms with Gasteiger partial charge in [-0.25, -0.2) is 0 Å². The van der Waals surface area contributed by atoms with Gasteiger partial charge in [0, 0.05) is 49.5 Å². The molecule has 2 aromatic carbocycles. The number of ether oxygens (including phenoxy) is 2. The number of nitrogens with one attached hydrogen (secondary N) is 5. The van der Waals surface area contributed by atoms with Crippen molar-refractivity contribution in [3.8, 4) is 5.75 Å². The summed E-state index contributed by atoms with van der Waals surface area (Å²) in [6.45, 7) is 3.89. The third kappa shape index (κ3) is 10.3. The third-order valence-electron chi connectivity index (χ3n) is 9.83. The number of para-hydroxylation sites is 1. The molecule has 5 amide bonds. The molecular weight excluding hydrogens is 664 g/mol. The van der Waals surface area contributed by atoms with Crippen LogP contribution in [0.5, 0.6) is 5.75 Å². The first kappa shape index (κ1) is 38.3. The predicted octanol–water partition coefficient (Wildman–Crippen LogP) is 2.63. The highest BCUT2D eigenvalue weighted by Crippen LogP contribution is 2.24. The maximum absolute atomic E-state index is 14.5. The summed E-state index contributed by atoms with van der Waals surface area (Å²) < 4.78 is 11.1. The number of fused-ring (bicyclic) bond motifs is 18. The lowest BCUT2D eigenvalue weighted by Crippen LogP contribution is -2.58. The number of carbonyl (C=O) groups is 5.